The highest BCUT2D eigenvalue weighted by atomic mass is 32.2. The molecule has 8 heteroatoms. The predicted octanol–water partition coefficient (Wildman–Crippen LogP) is 0.893. The molecular weight excluding hydrogens is 294 g/mol. The standard InChI is InChI=1S/C13H21N3O4S/c1-21(18,19)15-9-12-4-2-3-6-16(12)13(17)14-8-11-5-7-20-10-11/h5,7,10,12,15H,2-4,6,8-9H2,1H3,(H,14,17)/t12-/m0/s1. The van der Waals surface area contributed by atoms with Crippen LogP contribution in [0.15, 0.2) is 23.0 Å². The molecule has 1 saturated heterocycles. The lowest BCUT2D eigenvalue weighted by molar-refractivity contribution is 0.152. The number of likely N-dealkylation sites (tertiary alicyclic amines) is 1. The van der Waals surface area contributed by atoms with Crippen molar-refractivity contribution in [3.63, 3.8) is 0 Å². The molecule has 1 atom stereocenters. The molecule has 0 spiro atoms. The van der Waals surface area contributed by atoms with Crippen LogP contribution < -0.4 is 10.0 Å². The van der Waals surface area contributed by atoms with Crippen LogP contribution in [0.25, 0.3) is 0 Å². The quantitative estimate of drug-likeness (QED) is 0.844. The summed E-state index contributed by atoms with van der Waals surface area (Å²) in [5, 5.41) is 2.83. The van der Waals surface area contributed by atoms with Gasteiger partial charge < -0.3 is 14.6 Å². The van der Waals surface area contributed by atoms with Gasteiger partial charge in [-0.25, -0.2) is 17.9 Å². The molecule has 0 saturated carbocycles. The SMILES string of the molecule is CS(=O)(=O)NC[C@@H]1CCCCN1C(=O)NCc1ccoc1. The lowest BCUT2D eigenvalue weighted by Gasteiger charge is -2.35. The molecule has 0 bridgehead atoms. The van der Waals surface area contributed by atoms with E-state index in [0.29, 0.717) is 13.1 Å². The molecule has 0 unspecified atom stereocenters. The summed E-state index contributed by atoms with van der Waals surface area (Å²) in [6, 6.07) is 1.52. The molecule has 118 valence electrons. The topological polar surface area (TPSA) is 91.7 Å². The van der Waals surface area contributed by atoms with Gasteiger partial charge in [-0.05, 0) is 25.3 Å². The number of urea groups is 1. The zero-order valence-corrected chi connectivity index (χ0v) is 12.9. The summed E-state index contributed by atoms with van der Waals surface area (Å²) in [6.07, 6.45) is 7.01. The molecule has 1 aliphatic rings. The maximum Gasteiger partial charge on any atom is 0.317 e. The molecule has 2 N–H and O–H groups in total. The fraction of sp³-hybridized carbons (Fsp3) is 0.615. The third kappa shape index (κ3) is 5.05. The Labute approximate surface area is 124 Å². The van der Waals surface area contributed by atoms with Crippen molar-refractivity contribution >= 4 is 16.1 Å². The van der Waals surface area contributed by atoms with Crippen LogP contribution in [0.4, 0.5) is 4.79 Å². The van der Waals surface area contributed by atoms with Gasteiger partial charge in [0.2, 0.25) is 10.0 Å². The van der Waals surface area contributed by atoms with E-state index < -0.39 is 10.0 Å². The third-order valence-corrected chi connectivity index (χ3v) is 4.18. The number of piperidine rings is 1. The van der Waals surface area contributed by atoms with Gasteiger partial charge in [0.05, 0.1) is 18.8 Å². The van der Waals surface area contributed by atoms with Gasteiger partial charge in [-0.1, -0.05) is 0 Å². The molecule has 2 rings (SSSR count). The number of hydrogen-bond acceptors (Lipinski definition) is 4. The third-order valence-electron chi connectivity index (χ3n) is 3.49. The van der Waals surface area contributed by atoms with E-state index in [1.54, 1.807) is 23.5 Å². The summed E-state index contributed by atoms with van der Waals surface area (Å²) >= 11 is 0. The van der Waals surface area contributed by atoms with E-state index in [-0.39, 0.29) is 18.6 Å². The highest BCUT2D eigenvalue weighted by Gasteiger charge is 2.27. The normalized spacial score (nSPS) is 19.5. The van der Waals surface area contributed by atoms with Gasteiger partial charge >= 0.3 is 6.03 Å². The van der Waals surface area contributed by atoms with Gasteiger partial charge in [-0.15, -0.1) is 0 Å². The summed E-state index contributed by atoms with van der Waals surface area (Å²) in [5.74, 6) is 0. The molecule has 7 nitrogen and oxygen atoms in total. The average Bonchev–Trinajstić information content (AvgIpc) is 2.95. The van der Waals surface area contributed by atoms with Crippen LogP contribution >= 0.6 is 0 Å². The van der Waals surface area contributed by atoms with Gasteiger partial charge in [-0.2, -0.15) is 0 Å². The number of amides is 2. The Kier molecular flexibility index (Phi) is 5.24. The first-order valence-electron chi connectivity index (χ1n) is 6.96. The van der Waals surface area contributed by atoms with E-state index in [2.05, 4.69) is 10.0 Å². The Morgan fingerprint density at radius 1 is 1.48 bits per heavy atom. The van der Waals surface area contributed by atoms with Crippen molar-refractivity contribution in [1.82, 2.24) is 14.9 Å². The predicted molar refractivity (Wildman–Crippen MR) is 78.1 cm³/mol. The molecule has 0 aliphatic carbocycles. The van der Waals surface area contributed by atoms with Gasteiger partial charge in [0, 0.05) is 31.2 Å². The minimum absolute atomic E-state index is 0.0992. The largest absolute Gasteiger partial charge is 0.472 e. The van der Waals surface area contributed by atoms with Crippen molar-refractivity contribution in [3.8, 4) is 0 Å². The van der Waals surface area contributed by atoms with E-state index in [1.165, 1.54) is 0 Å². The van der Waals surface area contributed by atoms with Gasteiger partial charge in [0.1, 0.15) is 0 Å². The zero-order chi connectivity index (χ0) is 15.3. The number of hydrogen-bond donors (Lipinski definition) is 2. The van der Waals surface area contributed by atoms with E-state index in [9.17, 15) is 13.2 Å². The van der Waals surface area contributed by atoms with Crippen LogP contribution in [0, 0.1) is 0 Å². The second kappa shape index (κ2) is 6.95. The Morgan fingerprint density at radius 2 is 2.29 bits per heavy atom. The molecule has 1 aromatic rings. The van der Waals surface area contributed by atoms with Crippen LogP contribution in [0.3, 0.4) is 0 Å². The molecule has 2 amide bonds. The zero-order valence-electron chi connectivity index (χ0n) is 12.0. The molecule has 0 radical (unpaired) electrons. The Balaban J connectivity index is 1.89. The number of carbonyl (C=O) groups excluding carboxylic acids is 1. The van der Waals surface area contributed by atoms with E-state index in [4.69, 9.17) is 4.42 Å². The van der Waals surface area contributed by atoms with Crippen LogP contribution in [0.1, 0.15) is 24.8 Å². The van der Waals surface area contributed by atoms with Crippen LogP contribution in [-0.2, 0) is 16.6 Å². The molecular formula is C13H21N3O4S. The Hall–Kier alpha value is -1.54. The molecule has 2 heterocycles. The second-order valence-electron chi connectivity index (χ2n) is 5.25. The summed E-state index contributed by atoms with van der Waals surface area (Å²) in [5.41, 5.74) is 0.895. The molecule has 0 aromatic carbocycles. The number of sulfonamides is 1. The molecule has 21 heavy (non-hydrogen) atoms. The monoisotopic (exact) mass is 315 g/mol. The van der Waals surface area contributed by atoms with E-state index in [0.717, 1.165) is 31.1 Å². The Morgan fingerprint density at radius 3 is 2.95 bits per heavy atom. The Bertz CT molecular complexity index is 556. The second-order valence-corrected chi connectivity index (χ2v) is 7.09. The van der Waals surface area contributed by atoms with Gasteiger partial charge in [0.25, 0.3) is 0 Å². The number of rotatable bonds is 5. The summed E-state index contributed by atoms with van der Waals surface area (Å²) < 4.78 is 29.8. The van der Waals surface area contributed by atoms with Crippen LogP contribution in [0.2, 0.25) is 0 Å². The maximum absolute atomic E-state index is 12.2. The van der Waals surface area contributed by atoms with Crippen LogP contribution in [0.5, 0.6) is 0 Å². The lowest BCUT2D eigenvalue weighted by atomic mass is 10.0. The first-order chi connectivity index (χ1) is 9.96. The van der Waals surface area contributed by atoms with E-state index >= 15 is 0 Å². The smallest absolute Gasteiger partial charge is 0.317 e. The fourth-order valence-electron chi connectivity index (χ4n) is 2.40. The highest BCUT2D eigenvalue weighted by molar-refractivity contribution is 7.88. The first-order valence-corrected chi connectivity index (χ1v) is 8.85. The molecule has 1 fully saturated rings. The number of furan rings is 1. The summed E-state index contributed by atoms with van der Waals surface area (Å²) in [4.78, 5) is 13.9. The minimum atomic E-state index is -3.24. The first kappa shape index (κ1) is 15.8. The van der Waals surface area contributed by atoms with Gasteiger partial charge in [0.15, 0.2) is 0 Å². The molecule has 1 aliphatic heterocycles. The maximum atomic E-state index is 12.2. The minimum Gasteiger partial charge on any atom is -0.472 e. The highest BCUT2D eigenvalue weighted by Crippen LogP contribution is 2.17. The van der Waals surface area contributed by atoms with Crippen molar-refractivity contribution in [1.29, 1.82) is 0 Å². The number of nitrogens with zero attached hydrogens (tertiary/aromatic N) is 1. The number of carbonyl (C=O) groups is 1. The van der Waals surface area contributed by atoms with Crippen LogP contribution in [-0.4, -0.2) is 44.7 Å². The average molecular weight is 315 g/mol. The fourth-order valence-corrected chi connectivity index (χ4v) is 2.90. The van der Waals surface area contributed by atoms with E-state index in [1.807, 2.05) is 0 Å². The van der Waals surface area contributed by atoms with Crippen molar-refractivity contribution in [2.75, 3.05) is 19.3 Å². The van der Waals surface area contributed by atoms with Crippen molar-refractivity contribution in [2.45, 2.75) is 31.8 Å². The van der Waals surface area contributed by atoms with Gasteiger partial charge in [-0.3, -0.25) is 0 Å². The van der Waals surface area contributed by atoms with Crippen molar-refractivity contribution in [3.05, 3.63) is 24.2 Å². The summed E-state index contributed by atoms with van der Waals surface area (Å²) in [6.45, 7) is 1.31. The summed E-state index contributed by atoms with van der Waals surface area (Å²) in [7, 11) is -3.24. The molecule has 1 aromatic heterocycles. The van der Waals surface area contributed by atoms with Crippen molar-refractivity contribution < 1.29 is 17.6 Å². The number of nitrogens with one attached hydrogen (secondary N) is 2. The van der Waals surface area contributed by atoms with Crippen molar-refractivity contribution in [2.24, 2.45) is 0 Å². The lowest BCUT2D eigenvalue weighted by Crippen LogP contribution is -2.52.